The zero-order chi connectivity index (χ0) is 11.1. The third kappa shape index (κ3) is 1.32. The van der Waals surface area contributed by atoms with Gasteiger partial charge in [0, 0.05) is 12.1 Å². The van der Waals surface area contributed by atoms with Gasteiger partial charge in [0.15, 0.2) is 10.8 Å². The summed E-state index contributed by atoms with van der Waals surface area (Å²) in [7, 11) is 0. The van der Waals surface area contributed by atoms with Gasteiger partial charge in [-0.3, -0.25) is 5.10 Å². The smallest absolute Gasteiger partial charge is 0.235 e. The van der Waals surface area contributed by atoms with Crippen molar-refractivity contribution in [2.24, 2.45) is 0 Å². The van der Waals surface area contributed by atoms with Crippen molar-refractivity contribution in [2.75, 3.05) is 0 Å². The summed E-state index contributed by atoms with van der Waals surface area (Å²) in [6.45, 7) is 4.00. The lowest BCUT2D eigenvalue weighted by atomic mass is 10.4. The number of fused-ring (bicyclic) bond motifs is 1. The second-order valence-corrected chi connectivity index (χ2v) is 4.46. The minimum absolute atomic E-state index is 0.813. The van der Waals surface area contributed by atoms with E-state index in [4.69, 9.17) is 0 Å². The van der Waals surface area contributed by atoms with E-state index in [1.807, 2.05) is 19.9 Å². The predicted octanol–water partition coefficient (Wildman–Crippen LogP) is 1.45. The molecular formula is C9H10N6S. The highest BCUT2D eigenvalue weighted by molar-refractivity contribution is 7.19. The highest BCUT2D eigenvalue weighted by Gasteiger charge is 2.13. The van der Waals surface area contributed by atoms with Crippen molar-refractivity contribution in [2.45, 2.75) is 20.3 Å². The number of nitrogens with zero attached hydrogens (tertiary/aromatic N) is 5. The van der Waals surface area contributed by atoms with Crippen molar-refractivity contribution in [1.82, 2.24) is 30.0 Å². The topological polar surface area (TPSA) is 71.8 Å². The molecule has 0 aliphatic heterocycles. The second-order valence-electron chi connectivity index (χ2n) is 3.51. The third-order valence-corrected chi connectivity index (χ3v) is 3.22. The molecule has 3 aromatic heterocycles. The van der Waals surface area contributed by atoms with Crippen LogP contribution in [0.25, 0.3) is 15.7 Å². The van der Waals surface area contributed by atoms with Gasteiger partial charge >= 0.3 is 0 Å². The van der Waals surface area contributed by atoms with Crippen molar-refractivity contribution < 1.29 is 0 Å². The Kier molecular flexibility index (Phi) is 2.00. The van der Waals surface area contributed by atoms with Gasteiger partial charge in [-0.1, -0.05) is 18.3 Å². The van der Waals surface area contributed by atoms with Crippen molar-refractivity contribution in [3.8, 4) is 10.7 Å². The van der Waals surface area contributed by atoms with E-state index in [0.717, 1.165) is 33.6 Å². The number of hydrogen-bond donors (Lipinski definition) is 1. The first-order valence-electron chi connectivity index (χ1n) is 5.01. The summed E-state index contributed by atoms with van der Waals surface area (Å²) in [4.78, 5) is 0.813. The van der Waals surface area contributed by atoms with Crippen molar-refractivity contribution >= 4 is 16.3 Å². The van der Waals surface area contributed by atoms with Gasteiger partial charge < -0.3 is 0 Å². The molecule has 6 nitrogen and oxygen atoms in total. The summed E-state index contributed by atoms with van der Waals surface area (Å²) in [5.41, 5.74) is 1.88. The van der Waals surface area contributed by atoms with Crippen LogP contribution >= 0.6 is 11.3 Å². The molecule has 82 valence electrons. The summed E-state index contributed by atoms with van der Waals surface area (Å²) in [6, 6.07) is 1.97. The van der Waals surface area contributed by atoms with Crippen LogP contribution in [-0.4, -0.2) is 30.0 Å². The maximum atomic E-state index is 4.45. The third-order valence-electron chi connectivity index (χ3n) is 2.30. The highest BCUT2D eigenvalue weighted by Crippen LogP contribution is 2.24. The molecule has 3 rings (SSSR count). The lowest BCUT2D eigenvalue weighted by molar-refractivity contribution is 0.836. The molecule has 0 amide bonds. The number of aromatic nitrogens is 6. The van der Waals surface area contributed by atoms with Crippen molar-refractivity contribution in [3.05, 3.63) is 17.6 Å². The minimum atomic E-state index is 0.813. The molecule has 7 heteroatoms. The molecule has 3 aromatic rings. The van der Waals surface area contributed by atoms with Crippen LogP contribution in [0.5, 0.6) is 0 Å². The summed E-state index contributed by atoms with van der Waals surface area (Å²) >= 11 is 1.50. The van der Waals surface area contributed by atoms with Gasteiger partial charge in [-0.25, -0.2) is 0 Å². The lowest BCUT2D eigenvalue weighted by Gasteiger charge is -1.87. The van der Waals surface area contributed by atoms with E-state index < -0.39 is 0 Å². The number of aryl methyl sites for hydroxylation is 2. The van der Waals surface area contributed by atoms with Gasteiger partial charge in [0.2, 0.25) is 4.96 Å². The maximum Gasteiger partial charge on any atom is 0.235 e. The maximum absolute atomic E-state index is 4.45. The van der Waals surface area contributed by atoms with Crippen LogP contribution in [0.2, 0.25) is 0 Å². The predicted molar refractivity (Wildman–Crippen MR) is 60.4 cm³/mol. The van der Waals surface area contributed by atoms with E-state index in [1.165, 1.54) is 11.3 Å². The highest BCUT2D eigenvalue weighted by atomic mass is 32.1. The van der Waals surface area contributed by atoms with E-state index in [2.05, 4.69) is 25.5 Å². The Morgan fingerprint density at radius 1 is 1.44 bits per heavy atom. The summed E-state index contributed by atoms with van der Waals surface area (Å²) in [5.74, 6) is 0.879. The Bertz CT molecular complexity index is 633. The second kappa shape index (κ2) is 3.38. The molecule has 0 aliphatic rings. The SMILES string of the molecule is CCc1nnc2sc(-c3cc(C)[nH]n3)nn12. The molecule has 0 atom stereocenters. The fourth-order valence-electron chi connectivity index (χ4n) is 1.51. The van der Waals surface area contributed by atoms with Gasteiger partial charge in [0.05, 0.1) is 0 Å². The largest absolute Gasteiger partial charge is 0.282 e. The lowest BCUT2D eigenvalue weighted by Crippen LogP contribution is -1.93. The fourth-order valence-corrected chi connectivity index (χ4v) is 2.33. The van der Waals surface area contributed by atoms with E-state index in [9.17, 15) is 0 Å². The van der Waals surface area contributed by atoms with Gasteiger partial charge in [-0.15, -0.1) is 10.2 Å². The van der Waals surface area contributed by atoms with Crippen LogP contribution in [0, 0.1) is 6.92 Å². The van der Waals surface area contributed by atoms with Crippen LogP contribution in [-0.2, 0) is 6.42 Å². The number of aromatic amines is 1. The fraction of sp³-hybridized carbons (Fsp3) is 0.333. The van der Waals surface area contributed by atoms with E-state index in [0.29, 0.717) is 0 Å². The first-order chi connectivity index (χ1) is 7.78. The summed E-state index contributed by atoms with van der Waals surface area (Å²) < 4.78 is 1.78. The normalized spacial score (nSPS) is 11.4. The summed E-state index contributed by atoms with van der Waals surface area (Å²) in [5, 5.41) is 20.5. The number of hydrogen-bond acceptors (Lipinski definition) is 5. The molecule has 1 N–H and O–H groups in total. The number of H-pyrrole nitrogens is 1. The van der Waals surface area contributed by atoms with Gasteiger partial charge in [-0.2, -0.15) is 14.7 Å². The van der Waals surface area contributed by atoms with Gasteiger partial charge in [-0.05, 0) is 13.0 Å². The van der Waals surface area contributed by atoms with Crippen molar-refractivity contribution in [3.63, 3.8) is 0 Å². The Labute approximate surface area is 95.3 Å². The zero-order valence-electron chi connectivity index (χ0n) is 8.93. The molecule has 0 radical (unpaired) electrons. The quantitative estimate of drug-likeness (QED) is 0.728. The summed E-state index contributed by atoms with van der Waals surface area (Å²) in [6.07, 6.45) is 0.823. The van der Waals surface area contributed by atoms with Crippen LogP contribution in [0.3, 0.4) is 0 Å². The number of rotatable bonds is 2. The molecule has 0 spiro atoms. The Morgan fingerprint density at radius 2 is 2.31 bits per heavy atom. The average molecular weight is 234 g/mol. The van der Waals surface area contributed by atoms with Crippen LogP contribution in [0.4, 0.5) is 0 Å². The molecule has 0 saturated heterocycles. The van der Waals surface area contributed by atoms with E-state index >= 15 is 0 Å². The van der Waals surface area contributed by atoms with Crippen molar-refractivity contribution in [1.29, 1.82) is 0 Å². The minimum Gasteiger partial charge on any atom is -0.282 e. The number of nitrogens with one attached hydrogen (secondary N) is 1. The molecule has 0 aromatic carbocycles. The first-order valence-corrected chi connectivity index (χ1v) is 5.83. The van der Waals surface area contributed by atoms with Crippen LogP contribution in [0.15, 0.2) is 6.07 Å². The molecule has 0 aliphatic carbocycles. The molecule has 0 fully saturated rings. The van der Waals surface area contributed by atoms with Gasteiger partial charge in [0.25, 0.3) is 0 Å². The van der Waals surface area contributed by atoms with Crippen LogP contribution in [0.1, 0.15) is 18.4 Å². The molecule has 0 bridgehead atoms. The Morgan fingerprint density at radius 3 is 3.00 bits per heavy atom. The monoisotopic (exact) mass is 234 g/mol. The average Bonchev–Trinajstić information content (AvgIpc) is 2.90. The zero-order valence-corrected chi connectivity index (χ0v) is 9.75. The molecule has 16 heavy (non-hydrogen) atoms. The Hall–Kier alpha value is -1.76. The van der Waals surface area contributed by atoms with E-state index in [1.54, 1.807) is 4.52 Å². The molecular weight excluding hydrogens is 224 g/mol. The molecule has 3 heterocycles. The Balaban J connectivity index is 2.15. The first kappa shape index (κ1) is 9.46. The van der Waals surface area contributed by atoms with E-state index in [-0.39, 0.29) is 0 Å². The van der Waals surface area contributed by atoms with Crippen LogP contribution < -0.4 is 0 Å². The van der Waals surface area contributed by atoms with Gasteiger partial charge in [0.1, 0.15) is 5.69 Å². The standard InChI is InChI=1S/C9H10N6S/c1-3-7-12-13-9-15(7)14-8(16-9)6-4-5(2)10-11-6/h4H,3H2,1-2H3,(H,10,11). The molecule has 0 unspecified atom stereocenters. The molecule has 0 saturated carbocycles.